The molecule has 0 atom stereocenters. The van der Waals surface area contributed by atoms with E-state index in [4.69, 9.17) is 4.52 Å². The second kappa shape index (κ2) is 7.20. The van der Waals surface area contributed by atoms with E-state index in [9.17, 15) is 18.3 Å². The SMILES string of the molecule is OC1(C(F)(F)F)CC(c2nc(C34CCC(CNc5cccc(Br)c5)(CC3)CC4)no2)C1. The van der Waals surface area contributed by atoms with Gasteiger partial charge in [0.1, 0.15) is 0 Å². The molecule has 5 nitrogen and oxygen atoms in total. The fraction of sp³-hybridized carbons (Fsp3) is 0.636. The lowest BCUT2D eigenvalue weighted by molar-refractivity contribution is -0.292. The van der Waals surface area contributed by atoms with Crippen LogP contribution in [0, 0.1) is 5.41 Å². The normalized spacial score (nSPS) is 35.1. The van der Waals surface area contributed by atoms with Gasteiger partial charge in [-0.1, -0.05) is 27.2 Å². The quantitative estimate of drug-likeness (QED) is 0.551. The summed E-state index contributed by atoms with van der Waals surface area (Å²) in [6.07, 6.45) is 0.644. The number of rotatable bonds is 5. The molecule has 1 aromatic heterocycles. The molecule has 168 valence electrons. The summed E-state index contributed by atoms with van der Waals surface area (Å²) in [4.78, 5) is 4.52. The molecule has 1 heterocycles. The Hall–Kier alpha value is -1.61. The largest absolute Gasteiger partial charge is 0.417 e. The monoisotopic (exact) mass is 499 g/mol. The number of alkyl halides is 3. The van der Waals surface area contributed by atoms with Gasteiger partial charge in [0.15, 0.2) is 11.4 Å². The van der Waals surface area contributed by atoms with E-state index in [1.54, 1.807) is 0 Å². The summed E-state index contributed by atoms with van der Waals surface area (Å²) < 4.78 is 45.1. The molecule has 0 amide bonds. The van der Waals surface area contributed by atoms with E-state index in [0.29, 0.717) is 5.82 Å². The van der Waals surface area contributed by atoms with Crippen molar-refractivity contribution in [2.75, 3.05) is 11.9 Å². The van der Waals surface area contributed by atoms with Gasteiger partial charge in [-0.2, -0.15) is 18.2 Å². The molecule has 0 radical (unpaired) electrons. The van der Waals surface area contributed by atoms with Gasteiger partial charge in [0, 0.05) is 28.0 Å². The van der Waals surface area contributed by atoms with Gasteiger partial charge in [0.2, 0.25) is 5.89 Å². The van der Waals surface area contributed by atoms with Gasteiger partial charge in [-0.05, 0) is 75.0 Å². The molecule has 4 fully saturated rings. The highest BCUT2D eigenvalue weighted by Gasteiger charge is 2.63. The van der Waals surface area contributed by atoms with E-state index in [2.05, 4.69) is 43.5 Å². The molecule has 0 spiro atoms. The average Bonchev–Trinajstić information content (AvgIpc) is 3.21. The summed E-state index contributed by atoms with van der Waals surface area (Å²) in [6.45, 7) is 0.926. The zero-order valence-corrected chi connectivity index (χ0v) is 18.6. The van der Waals surface area contributed by atoms with E-state index >= 15 is 0 Å². The maximum absolute atomic E-state index is 12.9. The minimum absolute atomic E-state index is 0.136. The molecule has 0 unspecified atom stereocenters. The van der Waals surface area contributed by atoms with E-state index in [1.165, 1.54) is 0 Å². The van der Waals surface area contributed by atoms with Crippen LogP contribution in [0.4, 0.5) is 18.9 Å². The lowest BCUT2D eigenvalue weighted by Gasteiger charge is -2.52. The van der Waals surface area contributed by atoms with Gasteiger partial charge in [-0.15, -0.1) is 0 Å². The lowest BCUT2D eigenvalue weighted by atomic mass is 9.53. The van der Waals surface area contributed by atoms with E-state index in [-0.39, 0.29) is 16.7 Å². The zero-order valence-electron chi connectivity index (χ0n) is 17.0. The van der Waals surface area contributed by atoms with Crippen LogP contribution in [0.15, 0.2) is 33.3 Å². The van der Waals surface area contributed by atoms with Crippen LogP contribution >= 0.6 is 15.9 Å². The van der Waals surface area contributed by atoms with Gasteiger partial charge in [0.05, 0.1) is 0 Å². The molecule has 1 aromatic carbocycles. The number of benzene rings is 1. The molecule has 2 aromatic rings. The molecule has 0 aliphatic heterocycles. The van der Waals surface area contributed by atoms with Gasteiger partial charge >= 0.3 is 6.18 Å². The van der Waals surface area contributed by atoms with Crippen molar-refractivity contribution in [2.45, 2.75) is 74.5 Å². The highest BCUT2D eigenvalue weighted by Crippen LogP contribution is 2.58. The molecule has 31 heavy (non-hydrogen) atoms. The Morgan fingerprint density at radius 2 is 1.81 bits per heavy atom. The number of fused-ring (bicyclic) bond motifs is 3. The van der Waals surface area contributed by atoms with E-state index in [1.807, 2.05) is 12.1 Å². The number of aliphatic hydroxyl groups is 1. The van der Waals surface area contributed by atoms with Crippen LogP contribution in [0.25, 0.3) is 0 Å². The molecule has 9 heteroatoms. The zero-order chi connectivity index (χ0) is 21.9. The molecular weight excluding hydrogens is 475 g/mol. The highest BCUT2D eigenvalue weighted by atomic mass is 79.9. The first-order valence-corrected chi connectivity index (χ1v) is 11.5. The second-order valence-corrected chi connectivity index (χ2v) is 10.7. The number of nitrogens with zero attached hydrogens (tertiary/aromatic N) is 2. The fourth-order valence-corrected chi connectivity index (χ4v) is 5.93. The summed E-state index contributed by atoms with van der Waals surface area (Å²) in [5, 5.41) is 17.4. The predicted octanol–water partition coefficient (Wildman–Crippen LogP) is 5.71. The van der Waals surface area contributed by atoms with Crippen molar-refractivity contribution < 1.29 is 22.8 Å². The smallest absolute Gasteiger partial charge is 0.384 e. The first-order valence-electron chi connectivity index (χ1n) is 10.7. The highest BCUT2D eigenvalue weighted by molar-refractivity contribution is 9.10. The molecule has 2 bridgehead atoms. The number of anilines is 1. The summed E-state index contributed by atoms with van der Waals surface area (Å²) >= 11 is 3.50. The molecule has 4 saturated carbocycles. The molecule has 0 saturated heterocycles. The van der Waals surface area contributed by atoms with Crippen LogP contribution in [0.2, 0.25) is 0 Å². The Kier molecular flexibility index (Phi) is 4.93. The maximum Gasteiger partial charge on any atom is 0.417 e. The number of nitrogens with one attached hydrogen (secondary N) is 1. The Morgan fingerprint density at radius 1 is 1.13 bits per heavy atom. The summed E-state index contributed by atoms with van der Waals surface area (Å²) in [7, 11) is 0. The molecule has 4 aliphatic carbocycles. The standard InChI is InChI=1S/C22H25BrF3N3O2/c23-15-2-1-3-16(10-15)27-13-19-4-7-20(8-5-19,9-6-19)18-28-17(31-29-18)14-11-21(30,12-14)22(24,25)26/h1-3,10,14,27,30H,4-9,11-13H2. The van der Waals surface area contributed by atoms with Crippen molar-refractivity contribution in [1.82, 2.24) is 10.1 Å². The predicted molar refractivity (Wildman–Crippen MR) is 112 cm³/mol. The number of hydrogen-bond donors (Lipinski definition) is 2. The summed E-state index contributed by atoms with van der Waals surface area (Å²) in [5.74, 6) is 0.347. The summed E-state index contributed by atoms with van der Waals surface area (Å²) in [6, 6.07) is 8.17. The van der Waals surface area contributed by atoms with Gasteiger partial charge in [-0.25, -0.2) is 0 Å². The van der Waals surface area contributed by atoms with Crippen LogP contribution in [-0.2, 0) is 5.41 Å². The first kappa shape index (κ1) is 21.2. The molecule has 4 aliphatic rings. The Balaban J connectivity index is 1.21. The van der Waals surface area contributed by atoms with Gasteiger partial charge in [0.25, 0.3) is 0 Å². The fourth-order valence-electron chi connectivity index (χ4n) is 5.53. The maximum atomic E-state index is 12.9. The van der Waals surface area contributed by atoms with Crippen molar-refractivity contribution >= 4 is 21.6 Å². The first-order chi connectivity index (χ1) is 14.6. The van der Waals surface area contributed by atoms with Gasteiger partial charge < -0.3 is 14.9 Å². The van der Waals surface area contributed by atoms with Crippen molar-refractivity contribution in [3.63, 3.8) is 0 Å². The number of hydrogen-bond acceptors (Lipinski definition) is 5. The minimum atomic E-state index is -4.62. The van der Waals surface area contributed by atoms with Crippen molar-refractivity contribution in [3.05, 3.63) is 40.5 Å². The average molecular weight is 500 g/mol. The summed E-state index contributed by atoms with van der Waals surface area (Å²) in [5.41, 5.74) is -1.40. The van der Waals surface area contributed by atoms with Crippen molar-refractivity contribution in [1.29, 1.82) is 0 Å². The Labute approximate surface area is 186 Å². The second-order valence-electron chi connectivity index (χ2n) is 9.73. The van der Waals surface area contributed by atoms with Crippen LogP contribution in [0.3, 0.4) is 0 Å². The van der Waals surface area contributed by atoms with E-state index in [0.717, 1.165) is 55.2 Å². The lowest BCUT2D eigenvalue weighted by Crippen LogP contribution is -2.54. The third-order valence-corrected chi connectivity index (χ3v) is 8.35. The van der Waals surface area contributed by atoms with Crippen molar-refractivity contribution in [3.8, 4) is 0 Å². The third kappa shape index (κ3) is 3.67. The molecule has 6 rings (SSSR count). The number of aromatic nitrogens is 2. The topological polar surface area (TPSA) is 71.2 Å². The third-order valence-electron chi connectivity index (χ3n) is 7.85. The van der Waals surface area contributed by atoms with Crippen molar-refractivity contribution in [2.24, 2.45) is 5.41 Å². The Bertz CT molecular complexity index is 946. The Morgan fingerprint density at radius 3 is 2.42 bits per heavy atom. The number of halogens is 4. The molecule has 2 N–H and O–H groups in total. The minimum Gasteiger partial charge on any atom is -0.384 e. The van der Waals surface area contributed by atoms with Crippen LogP contribution in [0.5, 0.6) is 0 Å². The van der Waals surface area contributed by atoms with Crippen LogP contribution in [-0.4, -0.2) is 33.6 Å². The van der Waals surface area contributed by atoms with E-state index < -0.39 is 30.5 Å². The van der Waals surface area contributed by atoms with Gasteiger partial charge in [-0.3, -0.25) is 0 Å². The van der Waals surface area contributed by atoms with Crippen LogP contribution in [0.1, 0.15) is 69.0 Å². The molecular formula is C22H25BrF3N3O2. The van der Waals surface area contributed by atoms with Crippen LogP contribution < -0.4 is 5.32 Å².